The highest BCUT2D eigenvalue weighted by Crippen LogP contribution is 2.33. The molecule has 0 saturated carbocycles. The van der Waals surface area contributed by atoms with Crippen LogP contribution >= 0.6 is 22.7 Å². The van der Waals surface area contributed by atoms with Gasteiger partial charge in [-0.3, -0.25) is 4.79 Å². The molecule has 1 N–H and O–H groups in total. The number of carbonyl (C=O) groups is 1. The minimum absolute atomic E-state index is 0.225. The van der Waals surface area contributed by atoms with E-state index in [0.29, 0.717) is 21.6 Å². The molecule has 0 saturated heterocycles. The number of H-pyrrole nitrogens is 1. The van der Waals surface area contributed by atoms with Gasteiger partial charge in [-0.15, -0.1) is 22.7 Å². The first-order valence-electron chi connectivity index (χ1n) is 7.95. The summed E-state index contributed by atoms with van der Waals surface area (Å²) in [5.74, 6) is -0.113. The van der Waals surface area contributed by atoms with Crippen LogP contribution in [-0.4, -0.2) is 15.9 Å². The standard InChI is InChI=1S/C19H14N2O3S2/c1-11(24-19(23)12-6-3-2-4-7-12)16-20-17(22)15-13(10-26-18(15)21-16)14-8-5-9-25-14/h2-11H,1H3,(H,20,21,22)/t11-/m1/s1. The number of benzene rings is 1. The molecule has 0 spiro atoms. The van der Waals surface area contributed by atoms with Crippen LogP contribution in [0.2, 0.25) is 0 Å². The van der Waals surface area contributed by atoms with Gasteiger partial charge in [-0.25, -0.2) is 9.78 Å². The van der Waals surface area contributed by atoms with Gasteiger partial charge in [-0.2, -0.15) is 0 Å². The molecule has 130 valence electrons. The number of hydrogen-bond acceptors (Lipinski definition) is 6. The van der Waals surface area contributed by atoms with Crippen LogP contribution in [0, 0.1) is 0 Å². The van der Waals surface area contributed by atoms with Crippen molar-refractivity contribution in [1.29, 1.82) is 0 Å². The molecule has 3 heterocycles. The van der Waals surface area contributed by atoms with Gasteiger partial charge in [0, 0.05) is 15.8 Å². The van der Waals surface area contributed by atoms with Gasteiger partial charge >= 0.3 is 5.97 Å². The van der Waals surface area contributed by atoms with Crippen LogP contribution < -0.4 is 5.56 Å². The van der Waals surface area contributed by atoms with Gasteiger partial charge in [-0.1, -0.05) is 24.3 Å². The van der Waals surface area contributed by atoms with Gasteiger partial charge in [-0.05, 0) is 30.5 Å². The Kier molecular flexibility index (Phi) is 4.40. The van der Waals surface area contributed by atoms with Crippen molar-refractivity contribution in [1.82, 2.24) is 9.97 Å². The summed E-state index contributed by atoms with van der Waals surface area (Å²) < 4.78 is 5.44. The van der Waals surface area contributed by atoms with Gasteiger partial charge in [0.15, 0.2) is 11.9 Å². The molecule has 0 bridgehead atoms. The molecular weight excluding hydrogens is 368 g/mol. The molecule has 26 heavy (non-hydrogen) atoms. The fraction of sp³-hybridized carbons (Fsp3) is 0.105. The first-order valence-corrected chi connectivity index (χ1v) is 9.70. The molecule has 0 unspecified atom stereocenters. The summed E-state index contributed by atoms with van der Waals surface area (Å²) >= 11 is 2.99. The molecule has 4 rings (SSSR count). The monoisotopic (exact) mass is 382 g/mol. The predicted molar refractivity (Wildman–Crippen MR) is 104 cm³/mol. The van der Waals surface area contributed by atoms with E-state index in [1.54, 1.807) is 42.5 Å². The summed E-state index contributed by atoms with van der Waals surface area (Å²) in [6.45, 7) is 1.69. The molecule has 3 aromatic heterocycles. The van der Waals surface area contributed by atoms with Crippen molar-refractivity contribution in [2.75, 3.05) is 0 Å². The molecule has 1 aromatic carbocycles. The van der Waals surface area contributed by atoms with Crippen LogP contribution in [-0.2, 0) is 4.74 Å². The lowest BCUT2D eigenvalue weighted by Gasteiger charge is -2.12. The van der Waals surface area contributed by atoms with E-state index in [1.165, 1.54) is 11.3 Å². The number of hydrogen-bond donors (Lipinski definition) is 1. The summed E-state index contributed by atoms with van der Waals surface area (Å²) in [4.78, 5) is 33.7. The topological polar surface area (TPSA) is 72.0 Å². The van der Waals surface area contributed by atoms with Crippen molar-refractivity contribution in [2.45, 2.75) is 13.0 Å². The highest BCUT2D eigenvalue weighted by Gasteiger charge is 2.19. The van der Waals surface area contributed by atoms with Crippen molar-refractivity contribution in [3.8, 4) is 10.4 Å². The molecule has 7 heteroatoms. The number of aromatic amines is 1. The highest BCUT2D eigenvalue weighted by atomic mass is 32.1. The number of rotatable bonds is 4. The molecule has 0 fully saturated rings. The SMILES string of the molecule is C[C@@H](OC(=O)c1ccccc1)c1nc2scc(-c3cccs3)c2c(=O)[nH]1. The summed E-state index contributed by atoms with van der Waals surface area (Å²) in [6, 6.07) is 12.7. The second-order valence-corrected chi connectivity index (χ2v) is 7.48. The number of nitrogens with one attached hydrogen (secondary N) is 1. The minimum atomic E-state index is -0.660. The first kappa shape index (κ1) is 16.7. The van der Waals surface area contributed by atoms with Gasteiger partial charge < -0.3 is 9.72 Å². The van der Waals surface area contributed by atoms with E-state index in [1.807, 2.05) is 29.0 Å². The maximum absolute atomic E-state index is 12.6. The van der Waals surface area contributed by atoms with Gasteiger partial charge in [0.1, 0.15) is 4.83 Å². The first-order chi connectivity index (χ1) is 12.6. The molecule has 1 atom stereocenters. The summed E-state index contributed by atoms with van der Waals surface area (Å²) in [6.07, 6.45) is -0.660. The molecule has 0 aliphatic rings. The summed E-state index contributed by atoms with van der Waals surface area (Å²) in [5.41, 5.74) is 1.12. The average Bonchev–Trinajstić information content (AvgIpc) is 3.31. The molecule has 0 aliphatic heterocycles. The zero-order valence-corrected chi connectivity index (χ0v) is 15.4. The molecule has 0 radical (unpaired) electrons. The van der Waals surface area contributed by atoms with E-state index in [9.17, 15) is 9.59 Å². The Bertz CT molecular complexity index is 1110. The Balaban J connectivity index is 1.65. The van der Waals surface area contributed by atoms with Crippen molar-refractivity contribution < 1.29 is 9.53 Å². The van der Waals surface area contributed by atoms with Crippen molar-refractivity contribution in [2.24, 2.45) is 0 Å². The van der Waals surface area contributed by atoms with Crippen LogP contribution in [0.3, 0.4) is 0 Å². The third-order valence-electron chi connectivity index (χ3n) is 3.93. The lowest BCUT2D eigenvalue weighted by Crippen LogP contribution is -2.17. The quantitative estimate of drug-likeness (QED) is 0.522. The Morgan fingerprint density at radius 2 is 1.96 bits per heavy atom. The van der Waals surface area contributed by atoms with Gasteiger partial charge in [0.25, 0.3) is 5.56 Å². The smallest absolute Gasteiger partial charge is 0.338 e. The van der Waals surface area contributed by atoms with Crippen LogP contribution in [0.5, 0.6) is 0 Å². The van der Waals surface area contributed by atoms with Gasteiger partial charge in [0.2, 0.25) is 0 Å². The fourth-order valence-electron chi connectivity index (χ4n) is 2.63. The van der Waals surface area contributed by atoms with E-state index in [4.69, 9.17) is 4.74 Å². The van der Waals surface area contributed by atoms with E-state index in [0.717, 1.165) is 10.4 Å². The third kappa shape index (κ3) is 3.07. The number of fused-ring (bicyclic) bond motifs is 1. The fourth-order valence-corrected chi connectivity index (χ4v) is 4.40. The second kappa shape index (κ2) is 6.86. The lowest BCUT2D eigenvalue weighted by atomic mass is 10.2. The maximum atomic E-state index is 12.6. The minimum Gasteiger partial charge on any atom is -0.451 e. The number of nitrogens with zero attached hydrogens (tertiary/aromatic N) is 1. The van der Waals surface area contributed by atoms with E-state index in [-0.39, 0.29) is 5.56 Å². The van der Waals surface area contributed by atoms with Crippen LogP contribution in [0.4, 0.5) is 0 Å². The number of esters is 1. The number of carbonyl (C=O) groups excluding carboxylic acids is 1. The lowest BCUT2D eigenvalue weighted by molar-refractivity contribution is 0.0320. The Morgan fingerprint density at radius 3 is 2.69 bits per heavy atom. The Hall–Kier alpha value is -2.77. The Morgan fingerprint density at radius 1 is 1.15 bits per heavy atom. The van der Waals surface area contributed by atoms with Crippen LogP contribution in [0.15, 0.2) is 58.0 Å². The number of ether oxygens (including phenoxy) is 1. The van der Waals surface area contributed by atoms with Crippen LogP contribution in [0.25, 0.3) is 20.7 Å². The average molecular weight is 382 g/mol. The summed E-state index contributed by atoms with van der Waals surface area (Å²) in [7, 11) is 0. The molecule has 4 aromatic rings. The molecule has 5 nitrogen and oxygen atoms in total. The van der Waals surface area contributed by atoms with Crippen LogP contribution in [0.1, 0.15) is 29.2 Å². The zero-order chi connectivity index (χ0) is 18.1. The van der Waals surface area contributed by atoms with Gasteiger partial charge in [0.05, 0.1) is 10.9 Å². The molecule has 0 amide bonds. The largest absolute Gasteiger partial charge is 0.451 e. The molecular formula is C19H14N2O3S2. The third-order valence-corrected chi connectivity index (χ3v) is 5.70. The van der Waals surface area contributed by atoms with Crippen molar-refractivity contribution >= 4 is 38.9 Å². The van der Waals surface area contributed by atoms with E-state index in [2.05, 4.69) is 9.97 Å². The van der Waals surface area contributed by atoms with Crippen molar-refractivity contribution in [3.63, 3.8) is 0 Å². The molecule has 0 aliphatic carbocycles. The van der Waals surface area contributed by atoms with E-state index >= 15 is 0 Å². The zero-order valence-electron chi connectivity index (χ0n) is 13.8. The van der Waals surface area contributed by atoms with E-state index < -0.39 is 12.1 Å². The second-order valence-electron chi connectivity index (χ2n) is 5.67. The number of thiophene rings is 2. The Labute approximate surface area is 156 Å². The van der Waals surface area contributed by atoms with Crippen molar-refractivity contribution in [3.05, 3.63) is 75.0 Å². The summed E-state index contributed by atoms with van der Waals surface area (Å²) in [5, 5.41) is 4.48. The normalized spacial score (nSPS) is 12.2. The highest BCUT2D eigenvalue weighted by molar-refractivity contribution is 7.18. The predicted octanol–water partition coefficient (Wildman–Crippen LogP) is 4.63. The number of aromatic nitrogens is 2. The maximum Gasteiger partial charge on any atom is 0.338 e.